The van der Waals surface area contributed by atoms with Crippen molar-refractivity contribution in [2.45, 2.75) is 26.7 Å². The van der Waals surface area contributed by atoms with Gasteiger partial charge < -0.3 is 9.47 Å². The summed E-state index contributed by atoms with van der Waals surface area (Å²) in [5.41, 5.74) is 4.11. The predicted octanol–water partition coefficient (Wildman–Crippen LogP) is 6.81. The number of thiocarbonyl (C=S) groups is 1. The second kappa shape index (κ2) is 11.4. The Labute approximate surface area is 210 Å². The van der Waals surface area contributed by atoms with E-state index in [1.807, 2.05) is 78.9 Å². The van der Waals surface area contributed by atoms with E-state index in [9.17, 15) is 4.79 Å². The van der Waals surface area contributed by atoms with Crippen LogP contribution in [0.1, 0.15) is 30.0 Å². The molecule has 0 N–H and O–H groups in total. The van der Waals surface area contributed by atoms with Crippen LogP contribution in [0.5, 0.6) is 11.5 Å². The molecule has 6 heteroatoms. The first-order chi connectivity index (χ1) is 16.5. The van der Waals surface area contributed by atoms with Gasteiger partial charge in [0.05, 0.1) is 23.8 Å². The van der Waals surface area contributed by atoms with Crippen molar-refractivity contribution >= 4 is 46.0 Å². The van der Waals surface area contributed by atoms with Crippen LogP contribution in [-0.4, -0.2) is 23.4 Å². The van der Waals surface area contributed by atoms with Gasteiger partial charge in [0.15, 0.2) is 4.32 Å². The Bertz CT molecular complexity index is 1190. The molecule has 3 aromatic carbocycles. The van der Waals surface area contributed by atoms with E-state index in [1.165, 1.54) is 17.3 Å². The molecule has 3 aromatic rings. The van der Waals surface area contributed by atoms with Gasteiger partial charge in [0.25, 0.3) is 5.91 Å². The molecule has 4 rings (SSSR count). The number of carbonyl (C=O) groups excluding carboxylic acids is 1. The number of ether oxygens (including phenoxy) is 2. The quantitative estimate of drug-likeness (QED) is 0.188. The van der Waals surface area contributed by atoms with E-state index < -0.39 is 0 Å². The maximum atomic E-state index is 13.1. The molecule has 0 saturated carbocycles. The van der Waals surface area contributed by atoms with Gasteiger partial charge >= 0.3 is 0 Å². The standard InChI is InChI=1S/C28H27NO3S2/c1-3-22-7-4-5-8-25(22)29-27(30)26(34-28(29)33)19-21-11-15-24(16-12-21)32-18-6-17-31-23-13-9-20(2)10-14-23/h4-5,7-16,19H,3,6,17-18H2,1-2H3. The zero-order chi connectivity index (χ0) is 23.9. The van der Waals surface area contributed by atoms with Crippen LogP contribution in [0, 0.1) is 6.92 Å². The van der Waals surface area contributed by atoms with Gasteiger partial charge in [-0.3, -0.25) is 9.69 Å². The van der Waals surface area contributed by atoms with Gasteiger partial charge in [-0.25, -0.2) is 0 Å². The molecule has 1 fully saturated rings. The minimum absolute atomic E-state index is 0.0789. The summed E-state index contributed by atoms with van der Waals surface area (Å²) in [5.74, 6) is 1.58. The molecule has 0 aliphatic carbocycles. The zero-order valence-electron chi connectivity index (χ0n) is 19.3. The summed E-state index contributed by atoms with van der Waals surface area (Å²) >= 11 is 6.86. The number of hydrogen-bond donors (Lipinski definition) is 0. The van der Waals surface area contributed by atoms with E-state index in [1.54, 1.807) is 4.90 Å². The summed E-state index contributed by atoms with van der Waals surface area (Å²) in [6.45, 7) is 5.30. The number of rotatable bonds is 9. The SMILES string of the molecule is CCc1ccccc1N1C(=O)C(=Cc2ccc(OCCCOc3ccc(C)cc3)cc2)SC1=S. The molecule has 1 aliphatic rings. The molecule has 1 saturated heterocycles. The number of amides is 1. The molecule has 1 heterocycles. The molecule has 1 aliphatic heterocycles. The fraction of sp³-hybridized carbons (Fsp3) is 0.214. The van der Waals surface area contributed by atoms with Crippen LogP contribution in [0.15, 0.2) is 77.7 Å². The number of thioether (sulfide) groups is 1. The number of benzene rings is 3. The Morgan fingerprint density at radius 3 is 2.18 bits per heavy atom. The van der Waals surface area contributed by atoms with Gasteiger partial charge in [0, 0.05) is 6.42 Å². The molecule has 0 aromatic heterocycles. The molecule has 0 unspecified atom stereocenters. The highest BCUT2D eigenvalue weighted by Crippen LogP contribution is 2.37. The van der Waals surface area contributed by atoms with E-state index in [0.29, 0.717) is 22.4 Å². The number of anilines is 1. The molecule has 0 atom stereocenters. The fourth-order valence-electron chi connectivity index (χ4n) is 3.59. The van der Waals surface area contributed by atoms with Crippen LogP contribution in [-0.2, 0) is 11.2 Å². The van der Waals surface area contributed by atoms with Gasteiger partial charge in [-0.15, -0.1) is 0 Å². The van der Waals surface area contributed by atoms with E-state index in [4.69, 9.17) is 21.7 Å². The van der Waals surface area contributed by atoms with Gasteiger partial charge in [0.2, 0.25) is 0 Å². The van der Waals surface area contributed by atoms with Gasteiger partial charge in [-0.1, -0.05) is 78.9 Å². The smallest absolute Gasteiger partial charge is 0.270 e. The van der Waals surface area contributed by atoms with Crippen LogP contribution in [0.3, 0.4) is 0 Å². The predicted molar refractivity (Wildman–Crippen MR) is 145 cm³/mol. The van der Waals surface area contributed by atoms with Crippen molar-refractivity contribution in [3.63, 3.8) is 0 Å². The molecule has 4 nitrogen and oxygen atoms in total. The highest BCUT2D eigenvalue weighted by Gasteiger charge is 2.34. The topological polar surface area (TPSA) is 38.8 Å². The molecule has 174 valence electrons. The average molecular weight is 490 g/mol. The van der Waals surface area contributed by atoms with Crippen molar-refractivity contribution in [1.29, 1.82) is 0 Å². The Hall–Kier alpha value is -3.09. The second-order valence-electron chi connectivity index (χ2n) is 7.93. The third kappa shape index (κ3) is 5.88. The van der Waals surface area contributed by atoms with Crippen LogP contribution >= 0.6 is 24.0 Å². The first-order valence-corrected chi connectivity index (χ1v) is 12.6. The van der Waals surface area contributed by atoms with Gasteiger partial charge in [0.1, 0.15) is 11.5 Å². The van der Waals surface area contributed by atoms with Gasteiger partial charge in [-0.05, 0) is 60.9 Å². The van der Waals surface area contributed by atoms with Crippen molar-refractivity contribution < 1.29 is 14.3 Å². The van der Waals surface area contributed by atoms with E-state index >= 15 is 0 Å². The summed E-state index contributed by atoms with van der Waals surface area (Å²) in [6.07, 6.45) is 3.51. The second-order valence-corrected chi connectivity index (χ2v) is 9.61. The van der Waals surface area contributed by atoms with E-state index in [0.717, 1.165) is 41.2 Å². The molecule has 0 spiro atoms. The van der Waals surface area contributed by atoms with Crippen molar-refractivity contribution in [3.8, 4) is 11.5 Å². The summed E-state index contributed by atoms with van der Waals surface area (Å²) in [5, 5.41) is 0. The Morgan fingerprint density at radius 2 is 1.53 bits per heavy atom. The summed E-state index contributed by atoms with van der Waals surface area (Å²) in [7, 11) is 0. The molecule has 0 bridgehead atoms. The number of para-hydroxylation sites is 1. The monoisotopic (exact) mass is 489 g/mol. The Kier molecular flexibility index (Phi) is 8.03. The van der Waals surface area contributed by atoms with Crippen LogP contribution in [0.25, 0.3) is 6.08 Å². The van der Waals surface area contributed by atoms with Crippen LogP contribution in [0.4, 0.5) is 5.69 Å². The lowest BCUT2D eigenvalue weighted by molar-refractivity contribution is -0.113. The van der Waals surface area contributed by atoms with Crippen molar-refractivity contribution in [1.82, 2.24) is 0 Å². The fourth-order valence-corrected chi connectivity index (χ4v) is 4.87. The molecular weight excluding hydrogens is 462 g/mol. The van der Waals surface area contributed by atoms with Crippen molar-refractivity contribution in [2.24, 2.45) is 0 Å². The maximum absolute atomic E-state index is 13.1. The lowest BCUT2D eigenvalue weighted by atomic mass is 10.1. The third-order valence-electron chi connectivity index (χ3n) is 5.43. The molecule has 34 heavy (non-hydrogen) atoms. The summed E-state index contributed by atoms with van der Waals surface area (Å²) in [6, 6.07) is 23.7. The van der Waals surface area contributed by atoms with Crippen molar-refractivity contribution in [3.05, 3.63) is 94.4 Å². The highest BCUT2D eigenvalue weighted by atomic mass is 32.2. The Morgan fingerprint density at radius 1 is 0.912 bits per heavy atom. The molecule has 1 amide bonds. The highest BCUT2D eigenvalue weighted by molar-refractivity contribution is 8.27. The minimum Gasteiger partial charge on any atom is -0.493 e. The van der Waals surface area contributed by atoms with Gasteiger partial charge in [-0.2, -0.15) is 0 Å². The third-order valence-corrected chi connectivity index (χ3v) is 6.73. The number of hydrogen-bond acceptors (Lipinski definition) is 5. The normalized spacial score (nSPS) is 14.6. The number of aryl methyl sites for hydroxylation is 2. The largest absolute Gasteiger partial charge is 0.493 e. The molecular formula is C28H27NO3S2. The maximum Gasteiger partial charge on any atom is 0.270 e. The summed E-state index contributed by atoms with van der Waals surface area (Å²) in [4.78, 5) is 15.4. The zero-order valence-corrected chi connectivity index (χ0v) is 21.0. The first kappa shape index (κ1) is 24.0. The van der Waals surface area contributed by atoms with E-state index in [-0.39, 0.29) is 5.91 Å². The van der Waals surface area contributed by atoms with Crippen LogP contribution < -0.4 is 14.4 Å². The van der Waals surface area contributed by atoms with Crippen LogP contribution in [0.2, 0.25) is 0 Å². The lowest BCUT2D eigenvalue weighted by Crippen LogP contribution is -2.28. The minimum atomic E-state index is -0.0789. The number of nitrogens with zero attached hydrogens (tertiary/aromatic N) is 1. The molecule has 0 radical (unpaired) electrons. The summed E-state index contributed by atoms with van der Waals surface area (Å²) < 4.78 is 12.1. The number of carbonyl (C=O) groups is 1. The Balaban J connectivity index is 1.31. The van der Waals surface area contributed by atoms with E-state index in [2.05, 4.69) is 13.8 Å². The lowest BCUT2D eigenvalue weighted by Gasteiger charge is -2.18. The first-order valence-electron chi connectivity index (χ1n) is 11.3. The van der Waals surface area contributed by atoms with Crippen molar-refractivity contribution in [2.75, 3.05) is 18.1 Å². The average Bonchev–Trinajstić information content (AvgIpc) is 3.13.